The first-order chi connectivity index (χ1) is 9.63. The van der Waals surface area contributed by atoms with Crippen molar-refractivity contribution >= 4 is 12.1 Å². The lowest BCUT2D eigenvalue weighted by molar-refractivity contribution is -0.123. The summed E-state index contributed by atoms with van der Waals surface area (Å²) < 4.78 is 0. The number of amides is 1. The number of phenolic OH excluding ortho intramolecular Hbond substituents is 1. The number of para-hydroxylation sites is 1. The number of fused-ring (bicyclic) bond motifs is 1. The summed E-state index contributed by atoms with van der Waals surface area (Å²) in [6, 6.07) is 6.92. The summed E-state index contributed by atoms with van der Waals surface area (Å²) in [4.78, 5) is 12.2. The Hall–Kier alpha value is -1.84. The van der Waals surface area contributed by atoms with Crippen LogP contribution in [0.1, 0.15) is 38.2 Å². The number of carbonyl (C=O) groups is 1. The molecule has 4 nitrogen and oxygen atoms in total. The Morgan fingerprint density at radius 1 is 1.45 bits per heavy atom. The molecule has 106 valence electrons. The summed E-state index contributed by atoms with van der Waals surface area (Å²) in [6.07, 6.45) is 6.28. The Bertz CT molecular complexity index is 555. The van der Waals surface area contributed by atoms with Crippen molar-refractivity contribution in [2.75, 3.05) is 0 Å². The van der Waals surface area contributed by atoms with Crippen LogP contribution in [-0.2, 0) is 4.79 Å². The molecule has 1 amide bonds. The number of phenols is 1. The van der Waals surface area contributed by atoms with Crippen LogP contribution >= 0.6 is 0 Å². The highest BCUT2D eigenvalue weighted by atomic mass is 16.3. The summed E-state index contributed by atoms with van der Waals surface area (Å²) in [7, 11) is 0. The van der Waals surface area contributed by atoms with E-state index in [1.807, 2.05) is 6.07 Å². The average Bonchev–Trinajstić information content (AvgIpc) is 3.06. The van der Waals surface area contributed by atoms with Crippen LogP contribution in [0.4, 0.5) is 0 Å². The van der Waals surface area contributed by atoms with Crippen LogP contribution in [0.15, 0.2) is 29.4 Å². The van der Waals surface area contributed by atoms with Crippen LogP contribution in [0.25, 0.3) is 0 Å². The van der Waals surface area contributed by atoms with Crippen LogP contribution in [0.5, 0.6) is 5.75 Å². The predicted molar refractivity (Wildman–Crippen MR) is 77.4 cm³/mol. The topological polar surface area (TPSA) is 61.7 Å². The highest BCUT2D eigenvalue weighted by Gasteiger charge is 2.64. The molecule has 2 saturated carbocycles. The Labute approximate surface area is 118 Å². The minimum absolute atomic E-state index is 0.0195. The van der Waals surface area contributed by atoms with Crippen molar-refractivity contribution in [3.05, 3.63) is 29.8 Å². The molecule has 0 unspecified atom stereocenters. The summed E-state index contributed by atoms with van der Waals surface area (Å²) in [5.74, 6) is 0.840. The molecular weight excluding hydrogens is 252 g/mol. The monoisotopic (exact) mass is 272 g/mol. The number of aromatic hydroxyl groups is 1. The van der Waals surface area contributed by atoms with Crippen LogP contribution in [-0.4, -0.2) is 17.2 Å². The van der Waals surface area contributed by atoms with E-state index in [4.69, 9.17) is 0 Å². The standard InChI is InChI=1S/C16H20N2O2/c1-16-9-5-4-7-12(16)14(16)15(20)18-17-10-11-6-2-3-8-13(11)19/h2-3,6,8,10,12,14,19H,4-5,7,9H2,1H3,(H,18,20)/b17-10-/t12-,14+,16+/m1/s1. The van der Waals surface area contributed by atoms with Gasteiger partial charge in [-0.25, -0.2) is 5.43 Å². The molecule has 0 bridgehead atoms. The zero-order valence-corrected chi connectivity index (χ0v) is 11.7. The van der Waals surface area contributed by atoms with Crippen molar-refractivity contribution in [3.8, 4) is 5.75 Å². The van der Waals surface area contributed by atoms with Gasteiger partial charge in [-0.2, -0.15) is 5.10 Å². The number of hydrogen-bond donors (Lipinski definition) is 2. The zero-order chi connectivity index (χ0) is 14.2. The Morgan fingerprint density at radius 2 is 2.25 bits per heavy atom. The van der Waals surface area contributed by atoms with Gasteiger partial charge < -0.3 is 5.11 Å². The Kier molecular flexibility index (Phi) is 3.24. The molecule has 1 aromatic rings. The number of nitrogens with zero attached hydrogens (tertiary/aromatic N) is 1. The third-order valence-electron chi connectivity index (χ3n) is 4.93. The fourth-order valence-corrected chi connectivity index (χ4v) is 3.68. The van der Waals surface area contributed by atoms with E-state index in [1.54, 1.807) is 18.2 Å². The number of benzene rings is 1. The molecule has 0 aliphatic heterocycles. The molecule has 1 aromatic carbocycles. The first-order valence-corrected chi connectivity index (χ1v) is 7.24. The summed E-state index contributed by atoms with van der Waals surface area (Å²) in [6.45, 7) is 2.22. The van der Waals surface area contributed by atoms with Gasteiger partial charge in [0.25, 0.3) is 0 Å². The number of nitrogens with one attached hydrogen (secondary N) is 1. The van der Waals surface area contributed by atoms with E-state index in [0.717, 1.165) is 12.8 Å². The molecule has 0 saturated heterocycles. The predicted octanol–water partition coefficient (Wildman–Crippen LogP) is 2.67. The van der Waals surface area contributed by atoms with Crippen LogP contribution in [0, 0.1) is 17.3 Å². The van der Waals surface area contributed by atoms with Gasteiger partial charge >= 0.3 is 0 Å². The molecule has 2 aliphatic carbocycles. The maximum Gasteiger partial charge on any atom is 0.244 e. The van der Waals surface area contributed by atoms with E-state index in [1.165, 1.54) is 19.1 Å². The third-order valence-corrected chi connectivity index (χ3v) is 4.93. The number of hydrogen-bond acceptors (Lipinski definition) is 3. The quantitative estimate of drug-likeness (QED) is 0.656. The second-order valence-corrected chi connectivity index (χ2v) is 6.13. The molecule has 0 heterocycles. The maximum absolute atomic E-state index is 12.2. The lowest BCUT2D eigenvalue weighted by atomic mass is 9.90. The Morgan fingerprint density at radius 3 is 2.95 bits per heavy atom. The third kappa shape index (κ3) is 2.19. The molecule has 0 radical (unpaired) electrons. The largest absolute Gasteiger partial charge is 0.507 e. The molecule has 4 heteroatoms. The van der Waals surface area contributed by atoms with Gasteiger partial charge in [0.2, 0.25) is 5.91 Å². The molecule has 0 aromatic heterocycles. The van der Waals surface area contributed by atoms with Gasteiger partial charge in [0.15, 0.2) is 0 Å². The molecule has 20 heavy (non-hydrogen) atoms. The molecule has 3 rings (SSSR count). The lowest BCUT2D eigenvalue weighted by Gasteiger charge is -2.15. The van der Waals surface area contributed by atoms with Crippen LogP contribution in [0.2, 0.25) is 0 Å². The molecule has 0 spiro atoms. The van der Waals surface area contributed by atoms with E-state index < -0.39 is 0 Å². The van der Waals surface area contributed by atoms with Gasteiger partial charge in [0.05, 0.1) is 6.21 Å². The molecule has 3 atom stereocenters. The van der Waals surface area contributed by atoms with E-state index in [2.05, 4.69) is 17.5 Å². The van der Waals surface area contributed by atoms with E-state index >= 15 is 0 Å². The minimum Gasteiger partial charge on any atom is -0.507 e. The van der Waals surface area contributed by atoms with Gasteiger partial charge in [-0.15, -0.1) is 0 Å². The van der Waals surface area contributed by atoms with Crippen LogP contribution in [0.3, 0.4) is 0 Å². The van der Waals surface area contributed by atoms with E-state index in [9.17, 15) is 9.90 Å². The molecule has 2 aliphatic rings. The first-order valence-electron chi connectivity index (χ1n) is 7.24. The Balaban J connectivity index is 1.60. The summed E-state index contributed by atoms with van der Waals surface area (Å²) >= 11 is 0. The van der Waals surface area contributed by atoms with Crippen molar-refractivity contribution in [1.29, 1.82) is 0 Å². The smallest absolute Gasteiger partial charge is 0.244 e. The van der Waals surface area contributed by atoms with Crippen molar-refractivity contribution in [2.24, 2.45) is 22.4 Å². The van der Waals surface area contributed by atoms with Gasteiger partial charge in [-0.3, -0.25) is 4.79 Å². The molecular formula is C16H20N2O2. The van der Waals surface area contributed by atoms with Crippen molar-refractivity contribution in [3.63, 3.8) is 0 Å². The summed E-state index contributed by atoms with van der Waals surface area (Å²) in [5, 5.41) is 13.6. The van der Waals surface area contributed by atoms with Crippen molar-refractivity contribution in [1.82, 2.24) is 5.43 Å². The fraction of sp³-hybridized carbons (Fsp3) is 0.500. The minimum atomic E-state index is 0.0195. The van der Waals surface area contributed by atoms with Gasteiger partial charge in [0.1, 0.15) is 5.75 Å². The van der Waals surface area contributed by atoms with Gasteiger partial charge in [-0.05, 0) is 36.3 Å². The lowest BCUT2D eigenvalue weighted by Crippen LogP contribution is -2.22. The second-order valence-electron chi connectivity index (χ2n) is 6.13. The van der Waals surface area contributed by atoms with Gasteiger partial charge in [-0.1, -0.05) is 31.9 Å². The fourth-order valence-electron chi connectivity index (χ4n) is 3.68. The summed E-state index contributed by atoms with van der Waals surface area (Å²) in [5.41, 5.74) is 3.43. The SMILES string of the molecule is C[C@]12CCCC[C@@H]1[C@H]2C(=O)N/N=C\c1ccccc1O. The van der Waals surface area contributed by atoms with E-state index in [-0.39, 0.29) is 23.0 Å². The van der Waals surface area contributed by atoms with Gasteiger partial charge in [0, 0.05) is 11.5 Å². The second kappa shape index (κ2) is 4.93. The van der Waals surface area contributed by atoms with Crippen molar-refractivity contribution in [2.45, 2.75) is 32.6 Å². The molecule has 2 fully saturated rings. The first kappa shape index (κ1) is 13.2. The highest BCUT2D eigenvalue weighted by Crippen LogP contribution is 2.66. The zero-order valence-electron chi connectivity index (χ0n) is 11.7. The van der Waals surface area contributed by atoms with Crippen LogP contribution < -0.4 is 5.43 Å². The number of carbonyl (C=O) groups excluding carboxylic acids is 1. The number of hydrazone groups is 1. The normalized spacial score (nSPS) is 31.9. The number of rotatable bonds is 3. The maximum atomic E-state index is 12.2. The molecule has 2 N–H and O–H groups in total. The van der Waals surface area contributed by atoms with Crippen molar-refractivity contribution < 1.29 is 9.90 Å². The van der Waals surface area contributed by atoms with E-state index in [0.29, 0.717) is 11.5 Å². The average molecular weight is 272 g/mol. The highest BCUT2D eigenvalue weighted by molar-refractivity contribution is 5.87.